The van der Waals surface area contributed by atoms with E-state index in [0.29, 0.717) is 0 Å². The molecule has 0 N–H and O–H groups in total. The van der Waals surface area contributed by atoms with Crippen LogP contribution < -0.4 is 0 Å². The Morgan fingerprint density at radius 2 is 1.65 bits per heavy atom. The van der Waals surface area contributed by atoms with Crippen LogP contribution in [0.5, 0.6) is 0 Å². The molecule has 0 aliphatic rings. The molecule has 0 atom stereocenters. The molecule has 1 aromatic carbocycles. The predicted molar refractivity (Wildman–Crippen MR) is 63.4 cm³/mol. The monoisotopic (exact) mass is 282 g/mol. The van der Waals surface area contributed by atoms with Crippen LogP contribution in [-0.2, 0) is 6.18 Å². The third-order valence-corrected chi connectivity index (χ3v) is 2.65. The molecule has 2 aromatic rings. The van der Waals surface area contributed by atoms with Crippen molar-refractivity contribution in [2.75, 3.05) is 0 Å². The van der Waals surface area contributed by atoms with E-state index in [4.69, 9.17) is 4.42 Å². The fraction of sp³-hybridized carbons (Fsp3) is 0.143. The van der Waals surface area contributed by atoms with Crippen molar-refractivity contribution >= 4 is 11.6 Å². The molecule has 104 valence electrons. The predicted octanol–water partition coefficient (Wildman–Crippen LogP) is 3.75. The molecule has 1 heterocycles. The normalized spacial score (nSPS) is 11.3. The number of ketones is 2. The third-order valence-electron chi connectivity index (χ3n) is 2.65. The van der Waals surface area contributed by atoms with Crippen LogP contribution in [0.2, 0.25) is 0 Å². The Morgan fingerprint density at radius 3 is 2.15 bits per heavy atom. The number of furan rings is 1. The zero-order valence-corrected chi connectivity index (χ0v) is 10.1. The first-order valence-corrected chi connectivity index (χ1v) is 5.65. The second-order valence-electron chi connectivity index (χ2n) is 4.08. The van der Waals surface area contributed by atoms with E-state index < -0.39 is 29.7 Å². The van der Waals surface area contributed by atoms with Gasteiger partial charge >= 0.3 is 6.18 Å². The minimum absolute atomic E-state index is 0.0465. The molecule has 20 heavy (non-hydrogen) atoms. The van der Waals surface area contributed by atoms with Crippen molar-refractivity contribution in [1.29, 1.82) is 0 Å². The van der Waals surface area contributed by atoms with Crippen molar-refractivity contribution < 1.29 is 27.2 Å². The van der Waals surface area contributed by atoms with Crippen LogP contribution in [0.1, 0.15) is 32.9 Å². The van der Waals surface area contributed by atoms with E-state index in [0.717, 1.165) is 24.3 Å². The summed E-state index contributed by atoms with van der Waals surface area (Å²) >= 11 is 0. The lowest BCUT2D eigenvalue weighted by molar-refractivity contribution is -0.137. The summed E-state index contributed by atoms with van der Waals surface area (Å²) in [6.45, 7) is 0. The minimum Gasteiger partial charge on any atom is -0.461 e. The van der Waals surface area contributed by atoms with Gasteiger partial charge in [0.05, 0.1) is 18.2 Å². The Morgan fingerprint density at radius 1 is 1.00 bits per heavy atom. The summed E-state index contributed by atoms with van der Waals surface area (Å²) < 4.78 is 41.9. The van der Waals surface area contributed by atoms with Gasteiger partial charge in [-0.05, 0) is 24.3 Å². The molecule has 0 spiro atoms. The maximum absolute atomic E-state index is 12.4. The Kier molecular flexibility index (Phi) is 3.74. The van der Waals surface area contributed by atoms with Gasteiger partial charge in [-0.25, -0.2) is 0 Å². The maximum atomic E-state index is 12.4. The standard InChI is InChI=1S/C14H9F3O3/c15-14(16,17)10-5-3-9(4-6-10)11(18)8-12(19)13-2-1-7-20-13/h1-7H,8H2. The van der Waals surface area contributed by atoms with E-state index in [1.165, 1.54) is 18.4 Å². The second kappa shape index (κ2) is 5.32. The van der Waals surface area contributed by atoms with E-state index in [2.05, 4.69) is 0 Å². The summed E-state index contributed by atoms with van der Waals surface area (Å²) in [6.07, 6.45) is -3.60. The van der Waals surface area contributed by atoms with Gasteiger partial charge in [-0.3, -0.25) is 9.59 Å². The van der Waals surface area contributed by atoms with E-state index in [-0.39, 0.29) is 11.3 Å². The van der Waals surface area contributed by atoms with Gasteiger partial charge in [0, 0.05) is 5.56 Å². The van der Waals surface area contributed by atoms with Crippen molar-refractivity contribution in [2.45, 2.75) is 12.6 Å². The van der Waals surface area contributed by atoms with Gasteiger partial charge in [0.15, 0.2) is 11.5 Å². The molecule has 0 aliphatic carbocycles. The summed E-state index contributed by atoms with van der Waals surface area (Å²) in [5, 5.41) is 0. The number of rotatable bonds is 4. The first-order valence-electron chi connectivity index (χ1n) is 5.65. The van der Waals surface area contributed by atoms with Gasteiger partial charge in [-0.15, -0.1) is 0 Å². The highest BCUT2D eigenvalue weighted by Crippen LogP contribution is 2.29. The zero-order chi connectivity index (χ0) is 14.8. The van der Waals surface area contributed by atoms with E-state index >= 15 is 0 Å². The first-order chi connectivity index (χ1) is 9.38. The number of halogens is 3. The quantitative estimate of drug-likeness (QED) is 0.633. The Hall–Kier alpha value is -2.37. The Balaban J connectivity index is 2.08. The molecule has 0 bridgehead atoms. The van der Waals surface area contributed by atoms with Gasteiger partial charge in [-0.2, -0.15) is 13.2 Å². The molecule has 0 unspecified atom stereocenters. The van der Waals surface area contributed by atoms with Crippen molar-refractivity contribution in [3.63, 3.8) is 0 Å². The second-order valence-corrected chi connectivity index (χ2v) is 4.08. The van der Waals surface area contributed by atoms with Gasteiger partial charge < -0.3 is 4.42 Å². The van der Waals surface area contributed by atoms with Crippen LogP contribution >= 0.6 is 0 Å². The maximum Gasteiger partial charge on any atom is 0.416 e. The summed E-state index contributed by atoms with van der Waals surface area (Å²) in [5.74, 6) is -1.02. The van der Waals surface area contributed by atoms with Crippen molar-refractivity contribution in [3.8, 4) is 0 Å². The zero-order valence-electron chi connectivity index (χ0n) is 10.1. The summed E-state index contributed by atoms with van der Waals surface area (Å²) in [6, 6.07) is 6.66. The SMILES string of the molecule is O=C(CC(=O)c1ccco1)c1ccc(C(F)(F)F)cc1. The molecule has 2 rings (SSSR count). The van der Waals surface area contributed by atoms with Gasteiger partial charge in [0.25, 0.3) is 0 Å². The number of carbonyl (C=O) groups is 2. The summed E-state index contributed by atoms with van der Waals surface area (Å²) in [4.78, 5) is 23.4. The summed E-state index contributed by atoms with van der Waals surface area (Å²) in [5.41, 5.74) is -0.788. The molecular formula is C14H9F3O3. The lowest BCUT2D eigenvalue weighted by Crippen LogP contribution is -2.09. The number of carbonyl (C=O) groups excluding carboxylic acids is 2. The third kappa shape index (κ3) is 3.14. The van der Waals surface area contributed by atoms with Crippen LogP contribution in [-0.4, -0.2) is 11.6 Å². The fourth-order valence-corrected chi connectivity index (χ4v) is 1.62. The highest BCUT2D eigenvalue weighted by atomic mass is 19.4. The van der Waals surface area contributed by atoms with Gasteiger partial charge in [-0.1, -0.05) is 12.1 Å². The van der Waals surface area contributed by atoms with Gasteiger partial charge in [0.1, 0.15) is 0 Å². The highest BCUT2D eigenvalue weighted by Gasteiger charge is 2.30. The van der Waals surface area contributed by atoms with Crippen LogP contribution in [0, 0.1) is 0 Å². The van der Waals surface area contributed by atoms with E-state index in [1.807, 2.05) is 0 Å². The molecule has 1 aromatic heterocycles. The largest absolute Gasteiger partial charge is 0.461 e. The molecule has 0 radical (unpaired) electrons. The lowest BCUT2D eigenvalue weighted by atomic mass is 10.0. The number of benzene rings is 1. The topological polar surface area (TPSA) is 47.3 Å². The van der Waals surface area contributed by atoms with Crippen LogP contribution in [0.4, 0.5) is 13.2 Å². The Labute approximate surface area is 112 Å². The Bertz CT molecular complexity index is 610. The molecule has 0 amide bonds. The fourth-order valence-electron chi connectivity index (χ4n) is 1.62. The van der Waals surface area contributed by atoms with Crippen LogP contribution in [0.15, 0.2) is 47.1 Å². The first kappa shape index (κ1) is 14.0. The van der Waals surface area contributed by atoms with Crippen LogP contribution in [0.3, 0.4) is 0 Å². The number of hydrogen-bond donors (Lipinski definition) is 0. The number of hydrogen-bond acceptors (Lipinski definition) is 3. The molecule has 0 saturated heterocycles. The van der Waals surface area contributed by atoms with E-state index in [1.54, 1.807) is 0 Å². The van der Waals surface area contributed by atoms with Crippen molar-refractivity contribution in [1.82, 2.24) is 0 Å². The number of alkyl halides is 3. The number of Topliss-reactive ketones (excluding diaryl/α,β-unsaturated/α-hetero) is 2. The molecule has 6 heteroatoms. The molecular weight excluding hydrogens is 273 g/mol. The average molecular weight is 282 g/mol. The summed E-state index contributed by atoms with van der Waals surface area (Å²) in [7, 11) is 0. The smallest absolute Gasteiger partial charge is 0.416 e. The molecule has 3 nitrogen and oxygen atoms in total. The van der Waals surface area contributed by atoms with Crippen LogP contribution in [0.25, 0.3) is 0 Å². The van der Waals surface area contributed by atoms with E-state index in [9.17, 15) is 22.8 Å². The van der Waals surface area contributed by atoms with Crippen molar-refractivity contribution in [2.24, 2.45) is 0 Å². The molecule has 0 saturated carbocycles. The van der Waals surface area contributed by atoms with Crippen molar-refractivity contribution in [3.05, 3.63) is 59.5 Å². The average Bonchev–Trinajstić information content (AvgIpc) is 2.91. The molecule has 0 fully saturated rings. The highest BCUT2D eigenvalue weighted by molar-refractivity contribution is 6.12. The molecule has 0 aliphatic heterocycles. The van der Waals surface area contributed by atoms with Gasteiger partial charge in [0.2, 0.25) is 5.78 Å². The minimum atomic E-state index is -4.45. The lowest BCUT2D eigenvalue weighted by Gasteiger charge is -2.06.